The number of esters is 1. The normalized spacial score (nSPS) is 15.1. The Morgan fingerprint density at radius 2 is 1.96 bits per heavy atom. The van der Waals surface area contributed by atoms with Crippen LogP contribution in [0, 0.1) is 0 Å². The van der Waals surface area contributed by atoms with Crippen LogP contribution in [0.1, 0.15) is 30.9 Å². The summed E-state index contributed by atoms with van der Waals surface area (Å²) in [4.78, 5) is 23.6. The zero-order chi connectivity index (χ0) is 16.6. The fourth-order valence-electron chi connectivity index (χ4n) is 2.94. The van der Waals surface area contributed by atoms with Gasteiger partial charge >= 0.3 is 11.6 Å². The second-order valence-electron chi connectivity index (χ2n) is 5.62. The second kappa shape index (κ2) is 6.24. The molecule has 0 amide bonds. The van der Waals surface area contributed by atoms with Gasteiger partial charge in [0.1, 0.15) is 11.3 Å². The highest BCUT2D eigenvalue weighted by atomic mass is 35.5. The van der Waals surface area contributed by atoms with Crippen molar-refractivity contribution in [1.82, 2.24) is 0 Å². The smallest absolute Gasteiger partial charge is 0.346 e. The molecule has 0 fully saturated rings. The fraction of sp³-hybridized carbons (Fsp3) is 0.412. The molecule has 1 atom stereocenters. The van der Waals surface area contributed by atoms with Gasteiger partial charge in [-0.1, -0.05) is 11.6 Å². The van der Waals surface area contributed by atoms with Crippen LogP contribution in [-0.4, -0.2) is 19.2 Å². The van der Waals surface area contributed by atoms with Crippen molar-refractivity contribution in [3.63, 3.8) is 0 Å². The third kappa shape index (κ3) is 2.93. The molecule has 1 aromatic heterocycles. The van der Waals surface area contributed by atoms with Crippen molar-refractivity contribution in [3.05, 3.63) is 38.7 Å². The first kappa shape index (κ1) is 15.9. The van der Waals surface area contributed by atoms with Crippen molar-refractivity contribution in [3.8, 4) is 5.75 Å². The third-order valence-corrected chi connectivity index (χ3v) is 4.41. The van der Waals surface area contributed by atoms with E-state index in [4.69, 9.17) is 20.8 Å². The van der Waals surface area contributed by atoms with Crippen molar-refractivity contribution in [2.24, 2.45) is 0 Å². The Hall–Kier alpha value is -2.01. The van der Waals surface area contributed by atoms with E-state index in [0.717, 1.165) is 42.2 Å². The zero-order valence-electron chi connectivity index (χ0n) is 13.0. The Bertz CT molecular complexity index is 824. The summed E-state index contributed by atoms with van der Waals surface area (Å²) in [7, 11) is 1.29. The number of carbonyl (C=O) groups is 1. The van der Waals surface area contributed by atoms with E-state index in [2.05, 4.69) is 4.74 Å². The van der Waals surface area contributed by atoms with E-state index in [0.29, 0.717) is 10.6 Å². The predicted molar refractivity (Wildman–Crippen MR) is 86.2 cm³/mol. The third-order valence-electron chi connectivity index (χ3n) is 4.11. The van der Waals surface area contributed by atoms with Gasteiger partial charge in [-0.05, 0) is 44.2 Å². The Kier molecular flexibility index (Phi) is 4.31. The molecule has 1 aromatic carbocycles. The molecule has 3 rings (SSSR count). The van der Waals surface area contributed by atoms with Crippen molar-refractivity contribution >= 4 is 28.5 Å². The van der Waals surface area contributed by atoms with Gasteiger partial charge in [0.15, 0.2) is 6.10 Å². The maximum atomic E-state index is 12.1. The van der Waals surface area contributed by atoms with E-state index >= 15 is 0 Å². The highest BCUT2D eigenvalue weighted by molar-refractivity contribution is 6.32. The van der Waals surface area contributed by atoms with Crippen LogP contribution in [0.3, 0.4) is 0 Å². The van der Waals surface area contributed by atoms with Gasteiger partial charge in [-0.2, -0.15) is 0 Å². The lowest BCUT2D eigenvalue weighted by molar-refractivity contribution is -0.147. The number of rotatable bonds is 3. The van der Waals surface area contributed by atoms with Gasteiger partial charge in [-0.3, -0.25) is 0 Å². The zero-order valence-corrected chi connectivity index (χ0v) is 13.7. The Labute approximate surface area is 138 Å². The van der Waals surface area contributed by atoms with Crippen LogP contribution in [0.4, 0.5) is 0 Å². The molecule has 1 aliphatic rings. The summed E-state index contributed by atoms with van der Waals surface area (Å²) in [6, 6.07) is 3.30. The lowest BCUT2D eigenvalue weighted by atomic mass is 9.90. The van der Waals surface area contributed by atoms with Crippen LogP contribution in [0.5, 0.6) is 5.75 Å². The van der Waals surface area contributed by atoms with Gasteiger partial charge in [0, 0.05) is 17.0 Å². The molecule has 0 bridgehead atoms. The van der Waals surface area contributed by atoms with Crippen LogP contribution >= 0.6 is 11.6 Å². The molecule has 0 unspecified atom stereocenters. The van der Waals surface area contributed by atoms with E-state index in [1.165, 1.54) is 7.11 Å². The van der Waals surface area contributed by atoms with Gasteiger partial charge in [-0.15, -0.1) is 0 Å². The molecule has 0 saturated carbocycles. The van der Waals surface area contributed by atoms with Crippen molar-refractivity contribution in [2.75, 3.05) is 7.11 Å². The van der Waals surface area contributed by atoms with E-state index in [9.17, 15) is 9.59 Å². The van der Waals surface area contributed by atoms with Crippen molar-refractivity contribution < 1.29 is 18.7 Å². The average molecular weight is 337 g/mol. The number of methoxy groups -OCH3 is 1. The number of hydrogen-bond acceptors (Lipinski definition) is 5. The molecule has 0 N–H and O–H groups in total. The summed E-state index contributed by atoms with van der Waals surface area (Å²) in [6.45, 7) is 1.56. The maximum absolute atomic E-state index is 12.1. The molecular formula is C17H17ClO5. The molecule has 0 aliphatic heterocycles. The van der Waals surface area contributed by atoms with E-state index in [1.54, 1.807) is 19.1 Å². The molecule has 5 nitrogen and oxygen atoms in total. The Balaban J connectivity index is 2.08. The SMILES string of the molecule is COC(=O)[C@H](C)Oc1cc2oc(=O)c3c(c2cc1Cl)CCCC3. The number of ether oxygens (including phenoxy) is 2. The lowest BCUT2D eigenvalue weighted by Gasteiger charge is -2.18. The summed E-state index contributed by atoms with van der Waals surface area (Å²) in [5.41, 5.74) is 1.88. The molecule has 0 spiro atoms. The molecular weight excluding hydrogens is 320 g/mol. The molecule has 0 radical (unpaired) electrons. The van der Waals surface area contributed by atoms with Crippen molar-refractivity contribution in [2.45, 2.75) is 38.7 Å². The first-order valence-corrected chi connectivity index (χ1v) is 7.91. The van der Waals surface area contributed by atoms with Crippen LogP contribution in [0.25, 0.3) is 11.0 Å². The van der Waals surface area contributed by atoms with Gasteiger partial charge in [-0.25, -0.2) is 9.59 Å². The van der Waals surface area contributed by atoms with Gasteiger partial charge in [0.25, 0.3) is 0 Å². The van der Waals surface area contributed by atoms with Gasteiger partial charge in [0.05, 0.1) is 12.1 Å². The highest BCUT2D eigenvalue weighted by Crippen LogP contribution is 2.34. The summed E-state index contributed by atoms with van der Waals surface area (Å²) >= 11 is 6.28. The lowest BCUT2D eigenvalue weighted by Crippen LogP contribution is -2.25. The van der Waals surface area contributed by atoms with E-state index < -0.39 is 12.1 Å². The quantitative estimate of drug-likeness (QED) is 0.635. The standard InChI is InChI=1S/C17H17ClO5/c1-9(16(19)21-2)22-15-8-14-12(7-13(15)18)10-5-3-4-6-11(10)17(20)23-14/h7-9H,3-6H2,1-2H3/t9-/m0/s1. The number of benzene rings is 1. The largest absolute Gasteiger partial charge is 0.477 e. The summed E-state index contributed by atoms with van der Waals surface area (Å²) < 4.78 is 15.6. The number of fused-ring (bicyclic) bond motifs is 3. The van der Waals surface area contributed by atoms with Crippen LogP contribution in [0.15, 0.2) is 21.3 Å². The van der Waals surface area contributed by atoms with Crippen LogP contribution in [-0.2, 0) is 22.4 Å². The molecule has 6 heteroatoms. The second-order valence-corrected chi connectivity index (χ2v) is 6.02. The fourth-order valence-corrected chi connectivity index (χ4v) is 3.15. The Morgan fingerprint density at radius 3 is 2.65 bits per heavy atom. The van der Waals surface area contributed by atoms with Gasteiger partial charge in [0.2, 0.25) is 0 Å². The average Bonchev–Trinajstić information content (AvgIpc) is 2.56. The highest BCUT2D eigenvalue weighted by Gasteiger charge is 2.21. The molecule has 1 heterocycles. The molecule has 2 aromatic rings. The number of carbonyl (C=O) groups excluding carboxylic acids is 1. The molecule has 0 saturated heterocycles. The van der Waals surface area contributed by atoms with Crippen LogP contribution in [0.2, 0.25) is 5.02 Å². The molecule has 23 heavy (non-hydrogen) atoms. The van der Waals surface area contributed by atoms with Crippen LogP contribution < -0.4 is 10.4 Å². The monoisotopic (exact) mass is 336 g/mol. The first-order valence-electron chi connectivity index (χ1n) is 7.54. The maximum Gasteiger partial charge on any atom is 0.346 e. The molecule has 122 valence electrons. The minimum Gasteiger partial charge on any atom is -0.477 e. The summed E-state index contributed by atoms with van der Waals surface area (Å²) in [5, 5.41) is 1.21. The first-order chi connectivity index (χ1) is 11.0. The number of aryl methyl sites for hydroxylation is 1. The van der Waals surface area contributed by atoms with E-state index in [-0.39, 0.29) is 11.4 Å². The summed E-state index contributed by atoms with van der Waals surface area (Å²) in [5.74, 6) is -0.218. The van der Waals surface area contributed by atoms with Crippen molar-refractivity contribution in [1.29, 1.82) is 0 Å². The minimum atomic E-state index is -0.806. The van der Waals surface area contributed by atoms with E-state index in [1.807, 2.05) is 0 Å². The molecule has 1 aliphatic carbocycles. The number of hydrogen-bond donors (Lipinski definition) is 0. The minimum absolute atomic E-state index is 0.288. The predicted octanol–water partition coefficient (Wildman–Crippen LogP) is 3.27. The van der Waals surface area contributed by atoms with Gasteiger partial charge < -0.3 is 13.9 Å². The topological polar surface area (TPSA) is 65.7 Å². The Morgan fingerprint density at radius 1 is 1.26 bits per heavy atom. The summed E-state index contributed by atoms with van der Waals surface area (Å²) in [6.07, 6.45) is 2.81. The number of halogens is 1.